The summed E-state index contributed by atoms with van der Waals surface area (Å²) >= 11 is 4.79. The third-order valence-electron chi connectivity index (χ3n) is 3.90. The van der Waals surface area contributed by atoms with Crippen molar-refractivity contribution in [2.24, 2.45) is 5.73 Å². The number of nitrogens with one attached hydrogen (secondary N) is 1. The lowest BCUT2D eigenvalue weighted by Gasteiger charge is -1.95. The summed E-state index contributed by atoms with van der Waals surface area (Å²) in [5.41, 5.74) is 7.28. The minimum absolute atomic E-state index is 0.280. The molecule has 6 nitrogen and oxygen atoms in total. The highest BCUT2D eigenvalue weighted by Crippen LogP contribution is 2.34. The number of fused-ring (bicyclic) bond motifs is 3. The molecule has 25 heavy (non-hydrogen) atoms. The number of aromatic carboxylic acids is 1. The van der Waals surface area contributed by atoms with Crippen molar-refractivity contribution in [3.8, 4) is 0 Å². The first-order valence-electron chi connectivity index (χ1n) is 7.72. The minimum atomic E-state index is -1.20. The summed E-state index contributed by atoms with van der Waals surface area (Å²) in [6.07, 6.45) is 2.93. The number of aryl methyl sites for hydroxylation is 2. The number of carbonyl (C=O) groups is 1. The van der Waals surface area contributed by atoms with Crippen molar-refractivity contribution in [3.63, 3.8) is 0 Å². The molecule has 1 aliphatic carbocycles. The maximum absolute atomic E-state index is 11.8. The van der Waals surface area contributed by atoms with Crippen molar-refractivity contribution in [1.29, 1.82) is 0 Å². The van der Waals surface area contributed by atoms with Gasteiger partial charge in [-0.15, -0.1) is 11.3 Å². The zero-order valence-electron chi connectivity index (χ0n) is 13.2. The third kappa shape index (κ3) is 3.81. The molecule has 0 saturated carbocycles. The second-order valence-corrected chi connectivity index (χ2v) is 7.59. The Bertz CT molecular complexity index is 996. The van der Waals surface area contributed by atoms with Gasteiger partial charge < -0.3 is 15.8 Å². The summed E-state index contributed by atoms with van der Waals surface area (Å²) in [4.78, 5) is 30.5. The molecule has 2 aromatic heterocycles. The van der Waals surface area contributed by atoms with E-state index in [1.165, 1.54) is 16.2 Å². The summed E-state index contributed by atoms with van der Waals surface area (Å²) in [6.45, 7) is 0.611. The van der Waals surface area contributed by atoms with Gasteiger partial charge in [0.2, 0.25) is 5.82 Å². The van der Waals surface area contributed by atoms with Gasteiger partial charge in [-0.1, -0.05) is 28.1 Å². The molecule has 0 amide bonds. The maximum Gasteiger partial charge on any atom is 0.372 e. The van der Waals surface area contributed by atoms with Gasteiger partial charge in [-0.05, 0) is 42.5 Å². The van der Waals surface area contributed by atoms with Gasteiger partial charge in [0.1, 0.15) is 4.83 Å². The Morgan fingerprint density at radius 1 is 1.40 bits per heavy atom. The van der Waals surface area contributed by atoms with Crippen molar-refractivity contribution in [1.82, 2.24) is 9.97 Å². The molecule has 0 spiro atoms. The second kappa shape index (κ2) is 7.47. The zero-order chi connectivity index (χ0) is 18.0. The van der Waals surface area contributed by atoms with Crippen LogP contribution in [0.15, 0.2) is 33.5 Å². The van der Waals surface area contributed by atoms with Crippen molar-refractivity contribution in [2.45, 2.75) is 25.8 Å². The minimum Gasteiger partial charge on any atom is -0.475 e. The molecule has 0 unspecified atom stereocenters. The molecule has 4 N–H and O–H groups in total. The number of hydrogen-bond donors (Lipinski definition) is 3. The lowest BCUT2D eigenvalue weighted by atomic mass is 10.2. The topological polar surface area (TPSA) is 109 Å². The lowest BCUT2D eigenvalue weighted by molar-refractivity contribution is 0.0683. The smallest absolute Gasteiger partial charge is 0.372 e. The molecule has 0 bridgehead atoms. The van der Waals surface area contributed by atoms with Crippen LogP contribution in [-0.4, -0.2) is 21.0 Å². The van der Waals surface area contributed by atoms with Gasteiger partial charge in [-0.2, -0.15) is 0 Å². The zero-order valence-corrected chi connectivity index (χ0v) is 15.6. The van der Waals surface area contributed by atoms with Crippen LogP contribution in [0.3, 0.4) is 0 Å². The van der Waals surface area contributed by atoms with Gasteiger partial charge in [0.25, 0.3) is 5.56 Å². The van der Waals surface area contributed by atoms with Crippen molar-refractivity contribution >= 4 is 43.5 Å². The Labute approximate surface area is 155 Å². The molecule has 8 heteroatoms. The lowest BCUT2D eigenvalue weighted by Crippen LogP contribution is -2.15. The first-order chi connectivity index (χ1) is 12.0. The highest BCUT2D eigenvalue weighted by Gasteiger charge is 2.22. The summed E-state index contributed by atoms with van der Waals surface area (Å²) < 4.78 is 1.09. The molecule has 3 aromatic rings. The van der Waals surface area contributed by atoms with Gasteiger partial charge in [0.15, 0.2) is 0 Å². The number of rotatable bonds is 2. The number of carboxylic acid groups (broad SMARTS) is 1. The Balaban J connectivity index is 0.000000173. The molecule has 0 atom stereocenters. The fourth-order valence-corrected chi connectivity index (χ4v) is 4.48. The van der Waals surface area contributed by atoms with Crippen LogP contribution in [0.5, 0.6) is 0 Å². The number of halogens is 1. The number of aromatic nitrogens is 2. The largest absolute Gasteiger partial charge is 0.475 e. The highest BCUT2D eigenvalue weighted by molar-refractivity contribution is 9.10. The summed E-state index contributed by atoms with van der Waals surface area (Å²) in [6, 6.07) is 7.98. The Morgan fingerprint density at radius 2 is 2.20 bits per heavy atom. The van der Waals surface area contributed by atoms with E-state index in [4.69, 9.17) is 10.8 Å². The Kier molecular flexibility index (Phi) is 5.31. The number of H-pyrrole nitrogens is 1. The van der Waals surface area contributed by atoms with Gasteiger partial charge >= 0.3 is 5.97 Å². The fourth-order valence-electron chi connectivity index (χ4n) is 2.77. The van der Waals surface area contributed by atoms with Gasteiger partial charge in [0.05, 0.1) is 5.39 Å². The predicted octanol–water partition coefficient (Wildman–Crippen LogP) is 3.08. The van der Waals surface area contributed by atoms with E-state index in [9.17, 15) is 9.59 Å². The van der Waals surface area contributed by atoms with E-state index < -0.39 is 5.97 Å². The maximum atomic E-state index is 11.8. The average molecular weight is 422 g/mol. The van der Waals surface area contributed by atoms with E-state index in [1.54, 1.807) is 0 Å². The quantitative estimate of drug-likeness (QED) is 0.588. The molecule has 4 rings (SSSR count). The Morgan fingerprint density at radius 3 is 2.84 bits per heavy atom. The van der Waals surface area contributed by atoms with E-state index >= 15 is 0 Å². The number of thiophene rings is 1. The van der Waals surface area contributed by atoms with Crippen molar-refractivity contribution in [3.05, 3.63) is 60.9 Å². The summed E-state index contributed by atoms with van der Waals surface area (Å²) in [7, 11) is 0. The van der Waals surface area contributed by atoms with Crippen molar-refractivity contribution < 1.29 is 9.90 Å². The van der Waals surface area contributed by atoms with Crippen LogP contribution < -0.4 is 11.3 Å². The number of aromatic amines is 1. The molecule has 1 aromatic carbocycles. The number of benzene rings is 1. The van der Waals surface area contributed by atoms with Crippen LogP contribution >= 0.6 is 27.3 Å². The second-order valence-electron chi connectivity index (χ2n) is 5.59. The van der Waals surface area contributed by atoms with Crippen LogP contribution in [0.1, 0.15) is 33.0 Å². The van der Waals surface area contributed by atoms with Gasteiger partial charge in [0, 0.05) is 15.9 Å². The van der Waals surface area contributed by atoms with E-state index in [-0.39, 0.29) is 11.4 Å². The number of nitrogens with two attached hydrogens (primary N) is 1. The molecule has 0 aliphatic heterocycles. The fraction of sp³-hybridized carbons (Fsp3) is 0.235. The number of carboxylic acids is 1. The number of hydrogen-bond acceptors (Lipinski definition) is 5. The monoisotopic (exact) mass is 421 g/mol. The van der Waals surface area contributed by atoms with E-state index in [1.807, 2.05) is 24.3 Å². The molecule has 0 fully saturated rings. The predicted molar refractivity (Wildman–Crippen MR) is 101 cm³/mol. The third-order valence-corrected chi connectivity index (χ3v) is 5.58. The molecule has 1 aliphatic rings. The van der Waals surface area contributed by atoms with Crippen LogP contribution in [0, 0.1) is 0 Å². The van der Waals surface area contributed by atoms with Crippen LogP contribution in [0.25, 0.3) is 10.2 Å². The first kappa shape index (κ1) is 17.8. The van der Waals surface area contributed by atoms with Gasteiger partial charge in [-0.25, -0.2) is 9.78 Å². The first-order valence-corrected chi connectivity index (χ1v) is 9.33. The highest BCUT2D eigenvalue weighted by atomic mass is 79.9. The van der Waals surface area contributed by atoms with E-state index in [0.29, 0.717) is 16.8 Å². The molecular weight excluding hydrogens is 406 g/mol. The summed E-state index contributed by atoms with van der Waals surface area (Å²) in [5, 5.41) is 9.37. The van der Waals surface area contributed by atoms with Crippen LogP contribution in [0.4, 0.5) is 0 Å². The molecule has 2 heterocycles. The van der Waals surface area contributed by atoms with Crippen LogP contribution in [0.2, 0.25) is 0 Å². The summed E-state index contributed by atoms with van der Waals surface area (Å²) in [5.74, 6) is -1.48. The van der Waals surface area contributed by atoms with E-state index in [0.717, 1.165) is 34.9 Å². The molecular formula is C17H16BrN3O3S. The molecule has 0 radical (unpaired) electrons. The van der Waals surface area contributed by atoms with Crippen molar-refractivity contribution in [2.75, 3.05) is 0 Å². The Hall–Kier alpha value is -2.03. The standard InChI is InChI=1S/C10H8N2O3S.C7H8BrN/c13-8-6-4-2-1-3-5(4)16-9(6)12-7(11-8)10(14)15;8-7-3-1-2-6(4-7)5-9/h1-3H2,(H,14,15)(H,11,12,13);1-4H,5,9H2. The van der Waals surface area contributed by atoms with Crippen LogP contribution in [-0.2, 0) is 19.4 Å². The van der Waals surface area contributed by atoms with E-state index in [2.05, 4.69) is 25.9 Å². The van der Waals surface area contributed by atoms with Gasteiger partial charge in [-0.3, -0.25) is 4.79 Å². The average Bonchev–Trinajstić information content (AvgIpc) is 3.15. The normalized spacial score (nSPS) is 12.6. The molecule has 0 saturated heterocycles. The number of nitrogens with zero attached hydrogens (tertiary/aromatic N) is 1. The SMILES string of the molecule is NCc1cccc(Br)c1.O=C(O)c1nc2sc3c(c2c(=O)[nH]1)CCC3. The molecule has 130 valence electrons.